The van der Waals surface area contributed by atoms with Crippen LogP contribution in [0.2, 0.25) is 0 Å². The Balaban J connectivity index is 1.17. The van der Waals surface area contributed by atoms with E-state index in [1.165, 1.54) is 38.1 Å². The van der Waals surface area contributed by atoms with E-state index in [2.05, 4.69) is 173 Å². The van der Waals surface area contributed by atoms with Crippen LogP contribution < -0.4 is 0 Å². The molecule has 0 aliphatic heterocycles. The Labute approximate surface area is 276 Å². The van der Waals surface area contributed by atoms with E-state index in [1.54, 1.807) is 0 Å². The predicted molar refractivity (Wildman–Crippen MR) is 199 cm³/mol. The average molecular weight is 613 g/mol. The molecule has 7 aromatic carbocycles. The molecule has 0 aliphatic carbocycles. The summed E-state index contributed by atoms with van der Waals surface area (Å²) >= 11 is 0. The summed E-state index contributed by atoms with van der Waals surface area (Å²) in [5, 5.41) is 7.07. The number of rotatable bonds is 4. The maximum Gasteiger partial charge on any atom is 0.235 e. The highest BCUT2D eigenvalue weighted by Crippen LogP contribution is 2.37. The van der Waals surface area contributed by atoms with Gasteiger partial charge in [0.1, 0.15) is 0 Å². The normalized spacial score (nSPS) is 11.8. The molecule has 0 radical (unpaired) electrons. The minimum absolute atomic E-state index is 0.658. The molecule has 0 atom stereocenters. The van der Waals surface area contributed by atoms with Crippen LogP contribution in [0.25, 0.3) is 88.4 Å². The Morgan fingerprint density at radius 1 is 0.396 bits per heavy atom. The number of nitrogens with zero attached hydrogens (tertiary/aromatic N) is 4. The molecule has 10 rings (SSSR count). The van der Waals surface area contributed by atoms with E-state index in [0.717, 1.165) is 44.4 Å². The van der Waals surface area contributed by atoms with Gasteiger partial charge in [0.05, 0.1) is 27.8 Å². The summed E-state index contributed by atoms with van der Waals surface area (Å²) in [4.78, 5) is 10.5. The Bertz CT molecular complexity index is 2820. The van der Waals surface area contributed by atoms with E-state index in [1.807, 2.05) is 6.07 Å². The smallest absolute Gasteiger partial charge is 0.235 e. The summed E-state index contributed by atoms with van der Waals surface area (Å²) in [6.45, 7) is 0. The number of hydrogen-bond donors (Lipinski definition) is 0. The van der Waals surface area contributed by atoms with E-state index >= 15 is 0 Å². The maximum absolute atomic E-state index is 5.35. The van der Waals surface area contributed by atoms with E-state index in [9.17, 15) is 0 Å². The van der Waals surface area contributed by atoms with Crippen LogP contribution in [0.1, 0.15) is 0 Å². The van der Waals surface area contributed by atoms with Gasteiger partial charge in [0.2, 0.25) is 5.95 Å². The van der Waals surface area contributed by atoms with Crippen LogP contribution in [0, 0.1) is 0 Å². The molecule has 0 unspecified atom stereocenters. The summed E-state index contributed by atoms with van der Waals surface area (Å²) < 4.78 is 4.48. The van der Waals surface area contributed by atoms with Gasteiger partial charge >= 0.3 is 0 Å². The van der Waals surface area contributed by atoms with Gasteiger partial charge in [-0.15, -0.1) is 0 Å². The first kappa shape index (κ1) is 26.7. The summed E-state index contributed by atoms with van der Waals surface area (Å²) in [5.41, 5.74) is 9.69. The first-order valence-corrected chi connectivity index (χ1v) is 16.2. The van der Waals surface area contributed by atoms with Gasteiger partial charge in [0, 0.05) is 39.0 Å². The molecule has 0 spiro atoms. The summed E-state index contributed by atoms with van der Waals surface area (Å²) in [7, 11) is 0. The first-order valence-electron chi connectivity index (χ1n) is 16.2. The third kappa shape index (κ3) is 4.16. The van der Waals surface area contributed by atoms with Crippen molar-refractivity contribution >= 4 is 54.4 Å². The molecule has 0 N–H and O–H groups in total. The standard InChI is InChI=1S/C44H28N4/c1-2-12-35(13-3-1)47-25-24-34-27-38-36-14-7-9-17-40(36)48(42(38)28-41(34)47)44-45-39-16-8-6-15-37(39)43(46-44)31-21-18-30(19-22-31)33-23-20-29-10-4-5-11-32(29)26-33/h1-28H. The van der Waals surface area contributed by atoms with Crippen molar-refractivity contribution < 1.29 is 0 Å². The molecule has 4 heteroatoms. The van der Waals surface area contributed by atoms with Crippen molar-refractivity contribution in [3.05, 3.63) is 170 Å². The molecular weight excluding hydrogens is 585 g/mol. The number of fused-ring (bicyclic) bond motifs is 6. The Hall–Kier alpha value is -6.52. The van der Waals surface area contributed by atoms with Crippen LogP contribution in [0.4, 0.5) is 0 Å². The minimum atomic E-state index is 0.658. The van der Waals surface area contributed by atoms with E-state index < -0.39 is 0 Å². The quantitative estimate of drug-likeness (QED) is 0.198. The monoisotopic (exact) mass is 612 g/mol. The van der Waals surface area contributed by atoms with Crippen molar-refractivity contribution in [3.63, 3.8) is 0 Å². The zero-order valence-corrected chi connectivity index (χ0v) is 26.0. The molecule has 0 amide bonds. The molecule has 3 aromatic heterocycles. The molecule has 0 bridgehead atoms. The minimum Gasteiger partial charge on any atom is -0.316 e. The van der Waals surface area contributed by atoms with Gasteiger partial charge in [0.25, 0.3) is 0 Å². The van der Waals surface area contributed by atoms with Crippen LogP contribution in [0.3, 0.4) is 0 Å². The SMILES string of the molecule is c1ccc(-n2ccc3cc4c5ccccc5n(-c5nc(-c6ccc(-c7ccc8ccccc8c7)cc6)c6ccccc6n5)c4cc32)cc1. The molecule has 0 fully saturated rings. The van der Waals surface area contributed by atoms with Crippen LogP contribution in [0.15, 0.2) is 170 Å². The molecule has 0 aliphatic rings. The van der Waals surface area contributed by atoms with Crippen molar-refractivity contribution in [1.29, 1.82) is 0 Å². The summed E-state index contributed by atoms with van der Waals surface area (Å²) in [6, 6.07) is 58.1. The molecule has 0 saturated heterocycles. The lowest BCUT2D eigenvalue weighted by Crippen LogP contribution is -2.03. The van der Waals surface area contributed by atoms with Crippen molar-refractivity contribution in [2.45, 2.75) is 0 Å². The van der Waals surface area contributed by atoms with Gasteiger partial charge in [-0.1, -0.05) is 115 Å². The second kappa shape index (κ2) is 10.5. The number of para-hydroxylation sites is 3. The van der Waals surface area contributed by atoms with E-state index in [4.69, 9.17) is 9.97 Å². The maximum atomic E-state index is 5.35. The van der Waals surface area contributed by atoms with Crippen LogP contribution >= 0.6 is 0 Å². The van der Waals surface area contributed by atoms with E-state index in [0.29, 0.717) is 5.95 Å². The molecule has 3 heterocycles. The van der Waals surface area contributed by atoms with E-state index in [-0.39, 0.29) is 0 Å². The van der Waals surface area contributed by atoms with Gasteiger partial charge in [-0.25, -0.2) is 9.97 Å². The second-order valence-corrected chi connectivity index (χ2v) is 12.3. The van der Waals surface area contributed by atoms with Crippen molar-refractivity contribution in [2.24, 2.45) is 0 Å². The fourth-order valence-electron chi connectivity index (χ4n) is 7.20. The van der Waals surface area contributed by atoms with Gasteiger partial charge in [-0.05, 0) is 70.4 Å². The van der Waals surface area contributed by atoms with Gasteiger partial charge < -0.3 is 4.57 Å². The highest BCUT2D eigenvalue weighted by atomic mass is 15.2. The molecule has 48 heavy (non-hydrogen) atoms. The van der Waals surface area contributed by atoms with Crippen LogP contribution in [-0.4, -0.2) is 19.1 Å². The molecule has 224 valence electrons. The van der Waals surface area contributed by atoms with Crippen molar-refractivity contribution in [3.8, 4) is 34.0 Å². The third-order valence-corrected chi connectivity index (χ3v) is 9.55. The highest BCUT2D eigenvalue weighted by molar-refractivity contribution is 6.13. The average Bonchev–Trinajstić information content (AvgIpc) is 3.72. The number of aromatic nitrogens is 4. The first-order chi connectivity index (χ1) is 23.8. The Morgan fingerprint density at radius 2 is 1.10 bits per heavy atom. The molecule has 10 aromatic rings. The lowest BCUT2D eigenvalue weighted by Gasteiger charge is -2.12. The fraction of sp³-hybridized carbons (Fsp3) is 0. The fourth-order valence-corrected chi connectivity index (χ4v) is 7.20. The predicted octanol–water partition coefficient (Wildman–Crippen LogP) is 11.2. The topological polar surface area (TPSA) is 35.6 Å². The second-order valence-electron chi connectivity index (χ2n) is 12.3. The lowest BCUT2D eigenvalue weighted by atomic mass is 9.99. The van der Waals surface area contributed by atoms with Gasteiger partial charge in [0.15, 0.2) is 0 Å². The largest absolute Gasteiger partial charge is 0.316 e. The van der Waals surface area contributed by atoms with Crippen LogP contribution in [-0.2, 0) is 0 Å². The lowest BCUT2D eigenvalue weighted by molar-refractivity contribution is 1.01. The van der Waals surface area contributed by atoms with Crippen LogP contribution in [0.5, 0.6) is 0 Å². The summed E-state index contributed by atoms with van der Waals surface area (Å²) in [6.07, 6.45) is 2.15. The number of hydrogen-bond acceptors (Lipinski definition) is 2. The Morgan fingerprint density at radius 3 is 1.98 bits per heavy atom. The Kier molecular flexibility index (Phi) is 5.84. The van der Waals surface area contributed by atoms with Crippen molar-refractivity contribution in [1.82, 2.24) is 19.1 Å². The molecule has 0 saturated carbocycles. The summed E-state index contributed by atoms with van der Waals surface area (Å²) in [5.74, 6) is 0.658. The zero-order valence-electron chi connectivity index (χ0n) is 26.0. The highest BCUT2D eigenvalue weighted by Gasteiger charge is 2.19. The molecular formula is C44H28N4. The number of benzene rings is 7. The van der Waals surface area contributed by atoms with Gasteiger partial charge in [-0.2, -0.15) is 0 Å². The zero-order chi connectivity index (χ0) is 31.6. The van der Waals surface area contributed by atoms with Gasteiger partial charge in [-0.3, -0.25) is 4.57 Å². The van der Waals surface area contributed by atoms with Crippen molar-refractivity contribution in [2.75, 3.05) is 0 Å². The third-order valence-electron chi connectivity index (χ3n) is 9.55. The molecule has 4 nitrogen and oxygen atoms in total.